The van der Waals surface area contributed by atoms with Crippen molar-refractivity contribution in [3.63, 3.8) is 0 Å². The molecule has 2 rings (SSSR count). The van der Waals surface area contributed by atoms with E-state index in [9.17, 15) is 8.42 Å². The lowest BCUT2D eigenvalue weighted by Crippen LogP contribution is -2.19. The maximum Gasteiger partial charge on any atom is 0.273 e. The topological polar surface area (TPSA) is 100 Å². The lowest BCUT2D eigenvalue weighted by Gasteiger charge is -2.14. The first-order valence-electron chi connectivity index (χ1n) is 5.45. The molecule has 0 radical (unpaired) electrons. The standard InChI is InChI=1S/C11H14N4O3S/c1-15-10(13-14-11(15)19(12,16)17)9(18-2)8-6-4-3-5-7-8/h3-7,9H,1-2H3,(H2,12,16,17). The molecule has 0 saturated heterocycles. The van der Waals surface area contributed by atoms with Gasteiger partial charge in [0, 0.05) is 14.2 Å². The fraction of sp³-hybridized carbons (Fsp3) is 0.273. The minimum atomic E-state index is -3.90. The van der Waals surface area contributed by atoms with Gasteiger partial charge in [0.25, 0.3) is 15.2 Å². The zero-order valence-corrected chi connectivity index (χ0v) is 11.3. The number of ether oxygens (including phenoxy) is 1. The lowest BCUT2D eigenvalue weighted by atomic mass is 10.1. The molecular formula is C11H14N4O3S. The number of nitrogens with zero attached hydrogens (tertiary/aromatic N) is 3. The number of benzene rings is 1. The van der Waals surface area contributed by atoms with Crippen molar-refractivity contribution in [1.29, 1.82) is 0 Å². The summed E-state index contributed by atoms with van der Waals surface area (Å²) in [4.78, 5) is 0. The second kappa shape index (κ2) is 5.08. The van der Waals surface area contributed by atoms with Crippen LogP contribution in [0.2, 0.25) is 0 Å². The van der Waals surface area contributed by atoms with Crippen LogP contribution >= 0.6 is 0 Å². The number of methoxy groups -OCH3 is 1. The molecule has 8 heteroatoms. The number of hydrogen-bond donors (Lipinski definition) is 1. The Morgan fingerprint density at radius 3 is 2.37 bits per heavy atom. The molecule has 0 aliphatic carbocycles. The Labute approximate surface area is 111 Å². The zero-order chi connectivity index (χ0) is 14.0. The van der Waals surface area contributed by atoms with E-state index >= 15 is 0 Å². The number of hydrogen-bond acceptors (Lipinski definition) is 5. The summed E-state index contributed by atoms with van der Waals surface area (Å²) in [6.07, 6.45) is -0.505. The molecule has 1 heterocycles. The van der Waals surface area contributed by atoms with Gasteiger partial charge in [0.1, 0.15) is 6.10 Å². The minimum Gasteiger partial charge on any atom is -0.369 e. The number of primary sulfonamides is 1. The molecule has 1 aromatic heterocycles. The van der Waals surface area contributed by atoms with Crippen molar-refractivity contribution in [2.75, 3.05) is 7.11 Å². The summed E-state index contributed by atoms with van der Waals surface area (Å²) in [5, 5.41) is 12.2. The number of rotatable bonds is 4. The Morgan fingerprint density at radius 2 is 1.89 bits per heavy atom. The second-order valence-electron chi connectivity index (χ2n) is 3.97. The van der Waals surface area contributed by atoms with Gasteiger partial charge in [0.15, 0.2) is 5.82 Å². The van der Waals surface area contributed by atoms with Gasteiger partial charge < -0.3 is 9.30 Å². The smallest absolute Gasteiger partial charge is 0.273 e. The molecule has 2 N–H and O–H groups in total. The number of nitrogens with two attached hydrogens (primary N) is 1. The third kappa shape index (κ3) is 2.65. The molecule has 0 spiro atoms. The Balaban J connectivity index is 2.49. The van der Waals surface area contributed by atoms with Crippen LogP contribution in [0.5, 0.6) is 0 Å². The first-order valence-corrected chi connectivity index (χ1v) is 6.99. The fourth-order valence-electron chi connectivity index (χ4n) is 1.82. The minimum absolute atomic E-state index is 0.291. The molecule has 0 aliphatic rings. The molecule has 7 nitrogen and oxygen atoms in total. The Hall–Kier alpha value is -1.77. The third-order valence-electron chi connectivity index (χ3n) is 2.70. The van der Waals surface area contributed by atoms with E-state index in [-0.39, 0.29) is 5.16 Å². The van der Waals surface area contributed by atoms with E-state index in [0.717, 1.165) is 5.56 Å². The van der Waals surface area contributed by atoms with Gasteiger partial charge in [-0.1, -0.05) is 30.3 Å². The van der Waals surface area contributed by atoms with Gasteiger partial charge in [0.05, 0.1) is 0 Å². The molecular weight excluding hydrogens is 268 g/mol. The van der Waals surface area contributed by atoms with Crippen LogP contribution in [-0.2, 0) is 21.8 Å². The first-order chi connectivity index (χ1) is 8.95. The van der Waals surface area contributed by atoms with Crippen LogP contribution in [0.3, 0.4) is 0 Å². The number of aromatic nitrogens is 3. The maximum absolute atomic E-state index is 11.3. The van der Waals surface area contributed by atoms with E-state index in [2.05, 4.69) is 10.2 Å². The molecule has 102 valence electrons. The zero-order valence-electron chi connectivity index (χ0n) is 10.5. The van der Waals surface area contributed by atoms with E-state index in [4.69, 9.17) is 9.88 Å². The highest BCUT2D eigenvalue weighted by atomic mass is 32.2. The van der Waals surface area contributed by atoms with Crippen molar-refractivity contribution in [3.05, 3.63) is 41.7 Å². The van der Waals surface area contributed by atoms with Gasteiger partial charge in [-0.05, 0) is 5.56 Å². The van der Waals surface area contributed by atoms with Crippen molar-refractivity contribution in [1.82, 2.24) is 14.8 Å². The summed E-state index contributed by atoms with van der Waals surface area (Å²) < 4.78 is 29.3. The highest BCUT2D eigenvalue weighted by molar-refractivity contribution is 7.89. The summed E-state index contributed by atoms with van der Waals surface area (Å²) in [6, 6.07) is 9.32. The molecule has 19 heavy (non-hydrogen) atoms. The van der Waals surface area contributed by atoms with E-state index in [1.165, 1.54) is 18.7 Å². The van der Waals surface area contributed by atoms with Gasteiger partial charge in [-0.15, -0.1) is 10.2 Å². The summed E-state index contributed by atoms with van der Waals surface area (Å²) in [6.45, 7) is 0. The Bertz CT molecular complexity index is 667. The normalized spacial score (nSPS) is 13.4. The van der Waals surface area contributed by atoms with Crippen LogP contribution in [-0.4, -0.2) is 30.3 Å². The van der Waals surface area contributed by atoms with Crippen LogP contribution in [0.25, 0.3) is 0 Å². The molecule has 1 aromatic carbocycles. The van der Waals surface area contributed by atoms with Gasteiger partial charge in [-0.3, -0.25) is 0 Å². The van der Waals surface area contributed by atoms with Crippen LogP contribution in [0, 0.1) is 0 Å². The highest BCUT2D eigenvalue weighted by Gasteiger charge is 2.25. The predicted molar refractivity (Wildman–Crippen MR) is 67.7 cm³/mol. The van der Waals surface area contributed by atoms with Gasteiger partial charge in [-0.25, -0.2) is 13.6 Å². The Morgan fingerprint density at radius 1 is 1.26 bits per heavy atom. The lowest BCUT2D eigenvalue weighted by molar-refractivity contribution is 0.126. The third-order valence-corrected chi connectivity index (χ3v) is 3.56. The monoisotopic (exact) mass is 282 g/mol. The summed E-state index contributed by atoms with van der Waals surface area (Å²) >= 11 is 0. The Kier molecular flexibility index (Phi) is 3.65. The van der Waals surface area contributed by atoms with Gasteiger partial charge in [0.2, 0.25) is 0 Å². The first kappa shape index (κ1) is 13.7. The van der Waals surface area contributed by atoms with Crippen LogP contribution in [0.15, 0.2) is 35.5 Å². The molecule has 1 unspecified atom stereocenters. The summed E-state index contributed by atoms with van der Waals surface area (Å²) in [5.74, 6) is 0.373. The summed E-state index contributed by atoms with van der Waals surface area (Å²) in [7, 11) is -0.854. The fourth-order valence-corrected chi connectivity index (χ4v) is 2.45. The van der Waals surface area contributed by atoms with Crippen molar-refractivity contribution in [2.45, 2.75) is 11.3 Å². The average Bonchev–Trinajstić information content (AvgIpc) is 2.74. The molecule has 1 atom stereocenters. The molecule has 0 aliphatic heterocycles. The van der Waals surface area contributed by atoms with Crippen molar-refractivity contribution >= 4 is 10.0 Å². The second-order valence-corrected chi connectivity index (χ2v) is 5.43. The van der Waals surface area contributed by atoms with Crippen LogP contribution < -0.4 is 5.14 Å². The van der Waals surface area contributed by atoms with Crippen molar-refractivity contribution in [2.24, 2.45) is 12.2 Å². The quantitative estimate of drug-likeness (QED) is 0.863. The number of sulfonamides is 1. The molecule has 0 fully saturated rings. The van der Waals surface area contributed by atoms with Crippen LogP contribution in [0.4, 0.5) is 0 Å². The van der Waals surface area contributed by atoms with Crippen molar-refractivity contribution in [3.8, 4) is 0 Å². The maximum atomic E-state index is 11.3. The van der Waals surface area contributed by atoms with Gasteiger partial charge >= 0.3 is 0 Å². The largest absolute Gasteiger partial charge is 0.369 e. The van der Waals surface area contributed by atoms with E-state index in [1.54, 1.807) is 0 Å². The highest BCUT2D eigenvalue weighted by Crippen LogP contribution is 2.24. The molecule has 0 amide bonds. The molecule has 0 saturated carbocycles. The predicted octanol–water partition coefficient (Wildman–Crippen LogP) is 0.198. The van der Waals surface area contributed by atoms with E-state index in [1.807, 2.05) is 30.3 Å². The molecule has 0 bridgehead atoms. The van der Waals surface area contributed by atoms with E-state index in [0.29, 0.717) is 5.82 Å². The summed E-state index contributed by atoms with van der Waals surface area (Å²) in [5.41, 5.74) is 0.849. The van der Waals surface area contributed by atoms with Crippen LogP contribution in [0.1, 0.15) is 17.5 Å². The van der Waals surface area contributed by atoms with Crippen molar-refractivity contribution < 1.29 is 13.2 Å². The average molecular weight is 282 g/mol. The SMILES string of the molecule is COC(c1ccccc1)c1nnc(S(N)(=O)=O)n1C. The van der Waals surface area contributed by atoms with E-state index < -0.39 is 16.1 Å². The molecule has 2 aromatic rings. The van der Waals surface area contributed by atoms with Gasteiger partial charge in [-0.2, -0.15) is 0 Å².